The van der Waals surface area contributed by atoms with Crippen molar-refractivity contribution in [1.29, 1.82) is 0 Å². The lowest BCUT2D eigenvalue weighted by molar-refractivity contribution is -0.138. The van der Waals surface area contributed by atoms with Gasteiger partial charge in [-0.25, -0.2) is 14.4 Å². The number of carbonyl (C=O) groups excluding carboxylic acids is 3. The van der Waals surface area contributed by atoms with Gasteiger partial charge in [0.15, 0.2) is 0 Å². The van der Waals surface area contributed by atoms with Gasteiger partial charge in [0.1, 0.15) is 19.8 Å². The van der Waals surface area contributed by atoms with Gasteiger partial charge in [-0.3, -0.25) is 0 Å². The van der Waals surface area contributed by atoms with E-state index in [1.807, 2.05) is 0 Å². The van der Waals surface area contributed by atoms with Crippen molar-refractivity contribution in [2.45, 2.75) is 0 Å². The van der Waals surface area contributed by atoms with E-state index in [2.05, 4.69) is 11.3 Å². The van der Waals surface area contributed by atoms with Gasteiger partial charge in [-0.15, -0.1) is 0 Å². The fourth-order valence-corrected chi connectivity index (χ4v) is 1.38. The van der Waals surface area contributed by atoms with Gasteiger partial charge in [-0.1, -0.05) is 6.58 Å². The summed E-state index contributed by atoms with van der Waals surface area (Å²) in [5.74, 6) is -1.79. The summed E-state index contributed by atoms with van der Waals surface area (Å²) in [5.41, 5.74) is 0.499. The maximum absolute atomic E-state index is 11.7. The smallest absolute Gasteiger partial charge is 0.338 e. The number of benzene rings is 1. The van der Waals surface area contributed by atoms with Crippen LogP contribution in [0, 0.1) is 0 Å². The number of ether oxygens (including phenoxy) is 3. The largest absolute Gasteiger partial charge is 0.460 e. The Bertz CT molecular complexity index is 533. The highest BCUT2D eigenvalue weighted by Gasteiger charge is 2.11. The Hall–Kier alpha value is -2.67. The SMILES string of the molecule is C=CC(=O)OCCOC(=O)c1ccc(C(=O)OCCO)cc1. The van der Waals surface area contributed by atoms with Crippen LogP contribution in [0.3, 0.4) is 0 Å². The van der Waals surface area contributed by atoms with Crippen molar-refractivity contribution in [2.24, 2.45) is 0 Å². The fraction of sp³-hybridized carbons (Fsp3) is 0.267. The number of rotatable bonds is 8. The molecule has 7 heteroatoms. The zero-order valence-corrected chi connectivity index (χ0v) is 11.8. The molecule has 0 aliphatic rings. The van der Waals surface area contributed by atoms with Gasteiger partial charge >= 0.3 is 17.9 Å². The number of hydrogen-bond donors (Lipinski definition) is 1. The molecule has 0 saturated heterocycles. The molecule has 1 aromatic carbocycles. The Morgan fingerprint density at radius 3 is 1.82 bits per heavy atom. The van der Waals surface area contributed by atoms with E-state index in [1.54, 1.807) is 0 Å². The summed E-state index contributed by atoms with van der Waals surface area (Å²) in [7, 11) is 0. The van der Waals surface area contributed by atoms with E-state index in [0.29, 0.717) is 0 Å². The van der Waals surface area contributed by atoms with Crippen molar-refractivity contribution in [1.82, 2.24) is 0 Å². The lowest BCUT2D eigenvalue weighted by atomic mass is 10.1. The molecule has 0 amide bonds. The molecule has 0 saturated carbocycles. The topological polar surface area (TPSA) is 99.1 Å². The van der Waals surface area contributed by atoms with Gasteiger partial charge in [-0.2, -0.15) is 0 Å². The van der Waals surface area contributed by atoms with Crippen LogP contribution < -0.4 is 0 Å². The van der Waals surface area contributed by atoms with Crippen molar-refractivity contribution < 1.29 is 33.7 Å². The van der Waals surface area contributed by atoms with Gasteiger partial charge in [0.25, 0.3) is 0 Å². The lowest BCUT2D eigenvalue weighted by Gasteiger charge is -2.06. The zero-order valence-electron chi connectivity index (χ0n) is 11.8. The molecule has 0 bridgehead atoms. The molecule has 1 rings (SSSR count). The third-order valence-electron chi connectivity index (χ3n) is 2.41. The molecule has 0 fully saturated rings. The van der Waals surface area contributed by atoms with E-state index in [4.69, 9.17) is 14.6 Å². The van der Waals surface area contributed by atoms with Crippen LogP contribution in [0.4, 0.5) is 0 Å². The molecule has 118 valence electrons. The van der Waals surface area contributed by atoms with Crippen LogP contribution in [0.1, 0.15) is 20.7 Å². The Kier molecular flexibility index (Phi) is 7.35. The number of hydrogen-bond acceptors (Lipinski definition) is 7. The summed E-state index contributed by atoms with van der Waals surface area (Å²) in [5, 5.41) is 8.56. The summed E-state index contributed by atoms with van der Waals surface area (Å²) in [6.45, 7) is 2.73. The molecule has 0 radical (unpaired) electrons. The minimum absolute atomic E-state index is 0.0673. The first kappa shape index (κ1) is 17.4. The minimum atomic E-state index is -0.607. The number of esters is 3. The van der Waals surface area contributed by atoms with Crippen LogP contribution in [0.25, 0.3) is 0 Å². The third-order valence-corrected chi connectivity index (χ3v) is 2.41. The first-order valence-corrected chi connectivity index (χ1v) is 6.43. The predicted molar refractivity (Wildman–Crippen MR) is 75.2 cm³/mol. The molecule has 1 N–H and O–H groups in total. The van der Waals surface area contributed by atoms with E-state index in [9.17, 15) is 14.4 Å². The highest BCUT2D eigenvalue weighted by atomic mass is 16.6. The van der Waals surface area contributed by atoms with Crippen LogP contribution in [0.5, 0.6) is 0 Å². The first-order valence-electron chi connectivity index (χ1n) is 6.43. The van der Waals surface area contributed by atoms with Crippen LogP contribution in [-0.2, 0) is 19.0 Å². The van der Waals surface area contributed by atoms with Crippen molar-refractivity contribution in [2.75, 3.05) is 26.4 Å². The summed E-state index contributed by atoms with van der Waals surface area (Å²) in [4.78, 5) is 33.9. The number of carbonyl (C=O) groups is 3. The normalized spacial score (nSPS) is 9.68. The summed E-state index contributed by atoms with van der Waals surface area (Å²) >= 11 is 0. The molecule has 0 aromatic heterocycles. The molecular formula is C15H16O7. The van der Waals surface area contributed by atoms with Crippen LogP contribution in [-0.4, -0.2) is 49.4 Å². The maximum atomic E-state index is 11.7. The van der Waals surface area contributed by atoms with E-state index in [0.717, 1.165) is 6.08 Å². The molecule has 7 nitrogen and oxygen atoms in total. The molecule has 0 atom stereocenters. The highest BCUT2D eigenvalue weighted by molar-refractivity contribution is 5.93. The van der Waals surface area contributed by atoms with Gasteiger partial charge < -0.3 is 19.3 Å². The zero-order chi connectivity index (χ0) is 16.4. The Morgan fingerprint density at radius 2 is 1.36 bits per heavy atom. The second-order valence-electron chi connectivity index (χ2n) is 3.94. The van der Waals surface area contributed by atoms with E-state index in [-0.39, 0.29) is 37.6 Å². The minimum Gasteiger partial charge on any atom is -0.460 e. The number of aliphatic hydroxyl groups excluding tert-OH is 1. The van der Waals surface area contributed by atoms with Crippen LogP contribution in [0.15, 0.2) is 36.9 Å². The second kappa shape index (κ2) is 9.30. The maximum Gasteiger partial charge on any atom is 0.338 e. The third kappa shape index (κ3) is 5.76. The molecule has 0 unspecified atom stereocenters. The predicted octanol–water partition coefficient (Wildman–Crippen LogP) is 0.722. The van der Waals surface area contributed by atoms with Gasteiger partial charge in [0.2, 0.25) is 0 Å². The standard InChI is InChI=1S/C15H16O7/c1-2-13(17)20-9-10-22-15(19)12-5-3-11(4-6-12)14(18)21-8-7-16/h2-6,16H,1,7-10H2. The van der Waals surface area contributed by atoms with E-state index >= 15 is 0 Å². The van der Waals surface area contributed by atoms with Crippen molar-refractivity contribution in [3.63, 3.8) is 0 Å². The van der Waals surface area contributed by atoms with Gasteiger partial charge in [-0.05, 0) is 24.3 Å². The highest BCUT2D eigenvalue weighted by Crippen LogP contribution is 2.07. The van der Waals surface area contributed by atoms with Crippen molar-refractivity contribution in [3.8, 4) is 0 Å². The Balaban J connectivity index is 2.45. The summed E-state index contributed by atoms with van der Waals surface area (Å²) in [6.07, 6.45) is 1.01. The van der Waals surface area contributed by atoms with Crippen LogP contribution >= 0.6 is 0 Å². The molecule has 1 aromatic rings. The van der Waals surface area contributed by atoms with E-state index < -0.39 is 17.9 Å². The Morgan fingerprint density at radius 1 is 0.909 bits per heavy atom. The lowest BCUT2D eigenvalue weighted by Crippen LogP contribution is -2.13. The van der Waals surface area contributed by atoms with Gasteiger partial charge in [0, 0.05) is 6.08 Å². The molecule has 22 heavy (non-hydrogen) atoms. The molecule has 0 aliphatic heterocycles. The average Bonchev–Trinajstić information content (AvgIpc) is 2.56. The monoisotopic (exact) mass is 308 g/mol. The molecule has 0 spiro atoms. The van der Waals surface area contributed by atoms with Crippen LogP contribution in [0.2, 0.25) is 0 Å². The molecular weight excluding hydrogens is 292 g/mol. The quantitative estimate of drug-likeness (QED) is 0.327. The molecule has 0 heterocycles. The second-order valence-corrected chi connectivity index (χ2v) is 3.94. The fourth-order valence-electron chi connectivity index (χ4n) is 1.38. The summed E-state index contributed by atoms with van der Waals surface area (Å²) < 4.78 is 14.3. The van der Waals surface area contributed by atoms with Crippen molar-refractivity contribution in [3.05, 3.63) is 48.0 Å². The van der Waals surface area contributed by atoms with E-state index in [1.165, 1.54) is 24.3 Å². The number of aliphatic hydroxyl groups is 1. The van der Waals surface area contributed by atoms with Crippen molar-refractivity contribution >= 4 is 17.9 Å². The Labute approximate surface area is 127 Å². The summed E-state index contributed by atoms with van der Waals surface area (Å²) in [6, 6.07) is 5.64. The molecule has 0 aliphatic carbocycles. The first-order chi connectivity index (χ1) is 10.6. The average molecular weight is 308 g/mol. The van der Waals surface area contributed by atoms with Gasteiger partial charge in [0.05, 0.1) is 17.7 Å².